The first-order valence-electron chi connectivity index (χ1n) is 4.34. The Hall–Kier alpha value is -1.20. The molecule has 74 valence electrons. The van der Waals surface area contributed by atoms with Crippen LogP contribution in [-0.2, 0) is 13.2 Å². The molecule has 0 atom stereocenters. The maximum absolute atomic E-state index is 9.06. The fourth-order valence-electron chi connectivity index (χ4n) is 1.30. The summed E-state index contributed by atoms with van der Waals surface area (Å²) in [5, 5.41) is 13.0. The van der Waals surface area contributed by atoms with Gasteiger partial charge in [0, 0.05) is 11.9 Å². The Morgan fingerprint density at radius 3 is 3.07 bits per heavy atom. The lowest BCUT2D eigenvalue weighted by atomic mass is 10.4. The standard InChI is InChI=1S/C9H11N3OS/c1-7-9(14-11-10-7)5-12-4-2-3-8(12)6-13/h2-4,13H,5-6H2,1H3. The normalized spacial score (nSPS) is 10.7. The van der Waals surface area contributed by atoms with Gasteiger partial charge in [-0.2, -0.15) is 0 Å². The molecule has 2 aromatic heterocycles. The molecule has 0 spiro atoms. The van der Waals surface area contributed by atoms with Crippen molar-refractivity contribution in [3.05, 3.63) is 34.6 Å². The molecule has 2 rings (SSSR count). The molecule has 14 heavy (non-hydrogen) atoms. The zero-order valence-electron chi connectivity index (χ0n) is 7.84. The Kier molecular flexibility index (Phi) is 2.60. The number of hydrogen-bond acceptors (Lipinski definition) is 4. The van der Waals surface area contributed by atoms with E-state index in [4.69, 9.17) is 5.11 Å². The van der Waals surface area contributed by atoms with E-state index in [1.807, 2.05) is 29.8 Å². The molecule has 2 heterocycles. The van der Waals surface area contributed by atoms with Crippen molar-refractivity contribution in [2.45, 2.75) is 20.1 Å². The minimum Gasteiger partial charge on any atom is -0.390 e. The first kappa shape index (κ1) is 9.36. The summed E-state index contributed by atoms with van der Waals surface area (Å²) in [7, 11) is 0. The van der Waals surface area contributed by atoms with Crippen LogP contribution in [0.2, 0.25) is 0 Å². The minimum atomic E-state index is 0.0677. The summed E-state index contributed by atoms with van der Waals surface area (Å²) in [5.41, 5.74) is 1.88. The van der Waals surface area contributed by atoms with Gasteiger partial charge in [-0.3, -0.25) is 0 Å². The van der Waals surface area contributed by atoms with Crippen LogP contribution in [0.1, 0.15) is 16.3 Å². The zero-order valence-corrected chi connectivity index (χ0v) is 8.66. The summed E-state index contributed by atoms with van der Waals surface area (Å²) in [6, 6.07) is 3.83. The van der Waals surface area contributed by atoms with Gasteiger partial charge >= 0.3 is 0 Å². The number of aryl methyl sites for hydroxylation is 1. The molecule has 0 aliphatic heterocycles. The second-order valence-electron chi connectivity index (χ2n) is 3.07. The topological polar surface area (TPSA) is 50.9 Å². The molecule has 0 radical (unpaired) electrons. The van der Waals surface area contributed by atoms with Gasteiger partial charge in [0.1, 0.15) is 0 Å². The number of aliphatic hydroxyl groups is 1. The van der Waals surface area contributed by atoms with Gasteiger partial charge in [-0.1, -0.05) is 4.49 Å². The number of rotatable bonds is 3. The highest BCUT2D eigenvalue weighted by Crippen LogP contribution is 2.13. The molecule has 0 fully saturated rings. The van der Waals surface area contributed by atoms with Crippen LogP contribution in [0.15, 0.2) is 18.3 Å². The molecule has 0 amide bonds. The SMILES string of the molecule is Cc1nnsc1Cn1cccc1CO. The number of aromatic nitrogens is 3. The molecular weight excluding hydrogens is 198 g/mol. The van der Waals surface area contributed by atoms with E-state index in [0.29, 0.717) is 0 Å². The zero-order chi connectivity index (χ0) is 9.97. The maximum atomic E-state index is 9.06. The van der Waals surface area contributed by atoms with Crippen molar-refractivity contribution in [2.75, 3.05) is 0 Å². The van der Waals surface area contributed by atoms with Crippen LogP contribution in [0.5, 0.6) is 0 Å². The maximum Gasteiger partial charge on any atom is 0.0832 e. The molecule has 0 aliphatic carbocycles. The molecule has 0 aromatic carbocycles. The van der Waals surface area contributed by atoms with E-state index in [1.54, 1.807) is 0 Å². The van der Waals surface area contributed by atoms with Crippen molar-refractivity contribution < 1.29 is 5.11 Å². The van der Waals surface area contributed by atoms with Gasteiger partial charge in [-0.25, -0.2) is 0 Å². The lowest BCUT2D eigenvalue weighted by Crippen LogP contribution is -2.02. The Bertz CT molecular complexity index is 421. The van der Waals surface area contributed by atoms with Crippen molar-refractivity contribution in [3.8, 4) is 0 Å². The fraction of sp³-hybridized carbons (Fsp3) is 0.333. The molecule has 1 N–H and O–H groups in total. The van der Waals surface area contributed by atoms with E-state index < -0.39 is 0 Å². The summed E-state index contributed by atoms with van der Waals surface area (Å²) in [4.78, 5) is 1.14. The highest BCUT2D eigenvalue weighted by atomic mass is 32.1. The van der Waals surface area contributed by atoms with Gasteiger partial charge in [0.15, 0.2) is 0 Å². The van der Waals surface area contributed by atoms with Crippen molar-refractivity contribution in [2.24, 2.45) is 0 Å². The van der Waals surface area contributed by atoms with Gasteiger partial charge in [0.2, 0.25) is 0 Å². The highest BCUT2D eigenvalue weighted by Gasteiger charge is 2.05. The van der Waals surface area contributed by atoms with Gasteiger partial charge in [0.25, 0.3) is 0 Å². The smallest absolute Gasteiger partial charge is 0.0832 e. The average Bonchev–Trinajstić information content (AvgIpc) is 2.77. The summed E-state index contributed by atoms with van der Waals surface area (Å²) in [6.07, 6.45) is 1.95. The van der Waals surface area contributed by atoms with Crippen LogP contribution >= 0.6 is 11.5 Å². The lowest BCUT2D eigenvalue weighted by molar-refractivity contribution is 0.271. The predicted molar refractivity (Wildman–Crippen MR) is 54.1 cm³/mol. The summed E-state index contributed by atoms with van der Waals surface area (Å²) < 4.78 is 5.88. The molecular formula is C9H11N3OS. The van der Waals surface area contributed by atoms with E-state index in [9.17, 15) is 0 Å². The Morgan fingerprint density at radius 1 is 1.57 bits per heavy atom. The first-order chi connectivity index (χ1) is 6.81. The van der Waals surface area contributed by atoms with Gasteiger partial charge in [-0.15, -0.1) is 5.10 Å². The minimum absolute atomic E-state index is 0.0677. The molecule has 0 aliphatic rings. The van der Waals surface area contributed by atoms with Gasteiger partial charge < -0.3 is 9.67 Å². The van der Waals surface area contributed by atoms with Gasteiger partial charge in [-0.05, 0) is 30.6 Å². The van der Waals surface area contributed by atoms with E-state index in [-0.39, 0.29) is 6.61 Å². The second kappa shape index (κ2) is 3.89. The van der Waals surface area contributed by atoms with Crippen LogP contribution in [0.25, 0.3) is 0 Å². The average molecular weight is 209 g/mol. The van der Waals surface area contributed by atoms with Crippen molar-refractivity contribution >= 4 is 11.5 Å². The third-order valence-corrected chi connectivity index (χ3v) is 2.95. The summed E-state index contributed by atoms with van der Waals surface area (Å²) >= 11 is 1.40. The predicted octanol–water partition coefficient (Wildman–Crippen LogP) is 1.19. The number of aliphatic hydroxyl groups excluding tert-OH is 1. The molecule has 5 heteroatoms. The van der Waals surface area contributed by atoms with Crippen LogP contribution in [-0.4, -0.2) is 19.3 Å². The van der Waals surface area contributed by atoms with Crippen LogP contribution in [0.3, 0.4) is 0 Å². The van der Waals surface area contributed by atoms with Crippen LogP contribution < -0.4 is 0 Å². The first-order valence-corrected chi connectivity index (χ1v) is 5.11. The molecule has 0 saturated carbocycles. The van der Waals surface area contributed by atoms with Crippen molar-refractivity contribution in [1.82, 2.24) is 14.2 Å². The summed E-state index contributed by atoms with van der Waals surface area (Å²) in [5.74, 6) is 0. The molecule has 0 unspecified atom stereocenters. The molecule has 0 bridgehead atoms. The summed E-state index contributed by atoms with van der Waals surface area (Å²) in [6.45, 7) is 2.76. The van der Waals surface area contributed by atoms with Crippen LogP contribution in [0, 0.1) is 6.92 Å². The van der Waals surface area contributed by atoms with E-state index >= 15 is 0 Å². The second-order valence-corrected chi connectivity index (χ2v) is 3.91. The highest BCUT2D eigenvalue weighted by molar-refractivity contribution is 7.05. The van der Waals surface area contributed by atoms with E-state index in [1.165, 1.54) is 11.5 Å². The third kappa shape index (κ3) is 1.69. The largest absolute Gasteiger partial charge is 0.390 e. The monoisotopic (exact) mass is 209 g/mol. The Balaban J connectivity index is 2.22. The molecule has 2 aromatic rings. The van der Waals surface area contributed by atoms with Gasteiger partial charge in [0.05, 0.1) is 23.7 Å². The molecule has 4 nitrogen and oxygen atoms in total. The van der Waals surface area contributed by atoms with E-state index in [0.717, 1.165) is 22.8 Å². The van der Waals surface area contributed by atoms with Crippen LogP contribution in [0.4, 0.5) is 0 Å². The third-order valence-electron chi connectivity index (χ3n) is 2.14. The quantitative estimate of drug-likeness (QED) is 0.826. The van der Waals surface area contributed by atoms with E-state index in [2.05, 4.69) is 9.59 Å². The van der Waals surface area contributed by atoms with Crippen molar-refractivity contribution in [3.63, 3.8) is 0 Å². The Morgan fingerprint density at radius 2 is 2.43 bits per heavy atom. The fourth-order valence-corrected chi connectivity index (χ4v) is 1.93. The van der Waals surface area contributed by atoms with Crippen molar-refractivity contribution in [1.29, 1.82) is 0 Å². The number of hydrogen-bond donors (Lipinski definition) is 1. The lowest BCUT2D eigenvalue weighted by Gasteiger charge is -2.04. The molecule has 0 saturated heterocycles. The number of nitrogens with zero attached hydrogens (tertiary/aromatic N) is 3. The Labute approximate surface area is 86.0 Å².